The zero-order valence-electron chi connectivity index (χ0n) is 19.7. The molecule has 1 saturated carbocycles. The SMILES string of the molecule is CO[C@H](C)[C@H]1C(=O)Nc2c(C)nc(C[C@@H]3CC[C@H](Cc4cnc(C(F)(F)F)cn4)C3)nc2N1C. The van der Waals surface area contributed by atoms with Crippen LogP contribution in [0, 0.1) is 18.8 Å². The lowest BCUT2D eigenvalue weighted by Crippen LogP contribution is -2.53. The molecule has 184 valence electrons. The van der Waals surface area contributed by atoms with Crippen LogP contribution >= 0.6 is 0 Å². The zero-order valence-corrected chi connectivity index (χ0v) is 19.7. The lowest BCUT2D eigenvalue weighted by molar-refractivity contribution is -0.141. The maximum Gasteiger partial charge on any atom is 0.434 e. The second-order valence-electron chi connectivity index (χ2n) is 9.25. The van der Waals surface area contributed by atoms with Gasteiger partial charge in [0.1, 0.15) is 17.6 Å². The van der Waals surface area contributed by atoms with E-state index >= 15 is 0 Å². The minimum Gasteiger partial charge on any atom is -0.379 e. The third kappa shape index (κ3) is 4.98. The van der Waals surface area contributed by atoms with E-state index in [2.05, 4.69) is 20.3 Å². The summed E-state index contributed by atoms with van der Waals surface area (Å²) >= 11 is 0. The van der Waals surface area contributed by atoms with Gasteiger partial charge in [0.25, 0.3) is 0 Å². The van der Waals surface area contributed by atoms with E-state index in [0.717, 1.165) is 37.0 Å². The fourth-order valence-electron chi connectivity index (χ4n) is 4.98. The minimum absolute atomic E-state index is 0.145. The first-order valence-corrected chi connectivity index (χ1v) is 11.4. The van der Waals surface area contributed by atoms with Crippen LogP contribution in [0.2, 0.25) is 0 Å². The molecule has 0 bridgehead atoms. The lowest BCUT2D eigenvalue weighted by Gasteiger charge is -2.37. The second-order valence-corrected chi connectivity index (χ2v) is 9.25. The van der Waals surface area contributed by atoms with Gasteiger partial charge >= 0.3 is 6.18 Å². The number of likely N-dealkylation sites (N-methyl/N-ethyl adjacent to an activating group) is 1. The number of halogens is 3. The number of methoxy groups -OCH3 is 1. The summed E-state index contributed by atoms with van der Waals surface area (Å²) in [5, 5.41) is 2.92. The van der Waals surface area contributed by atoms with Crippen molar-refractivity contribution >= 4 is 17.4 Å². The number of hydrogen-bond acceptors (Lipinski definition) is 7. The highest BCUT2D eigenvalue weighted by atomic mass is 19.4. The van der Waals surface area contributed by atoms with Gasteiger partial charge in [-0.25, -0.2) is 15.0 Å². The quantitative estimate of drug-likeness (QED) is 0.678. The van der Waals surface area contributed by atoms with Crippen molar-refractivity contribution in [1.82, 2.24) is 19.9 Å². The van der Waals surface area contributed by atoms with E-state index in [4.69, 9.17) is 9.72 Å². The number of hydrogen-bond donors (Lipinski definition) is 1. The van der Waals surface area contributed by atoms with Crippen LogP contribution in [0.25, 0.3) is 0 Å². The Hall–Kier alpha value is -2.82. The number of alkyl halides is 3. The molecule has 2 aliphatic rings. The van der Waals surface area contributed by atoms with Gasteiger partial charge in [-0.15, -0.1) is 0 Å². The van der Waals surface area contributed by atoms with E-state index in [0.29, 0.717) is 41.9 Å². The normalized spacial score (nSPS) is 23.6. The van der Waals surface area contributed by atoms with Crippen LogP contribution in [-0.2, 0) is 28.5 Å². The molecule has 0 saturated heterocycles. The zero-order chi connectivity index (χ0) is 24.6. The van der Waals surface area contributed by atoms with Gasteiger partial charge in [-0.1, -0.05) is 0 Å². The Labute approximate surface area is 196 Å². The van der Waals surface area contributed by atoms with Crippen LogP contribution < -0.4 is 10.2 Å². The molecule has 0 aromatic carbocycles. The van der Waals surface area contributed by atoms with Gasteiger partial charge in [0.05, 0.1) is 23.7 Å². The van der Waals surface area contributed by atoms with E-state index in [1.165, 1.54) is 6.20 Å². The number of carbonyl (C=O) groups is 1. The number of aryl methyl sites for hydroxylation is 1. The summed E-state index contributed by atoms with van der Waals surface area (Å²) in [6.45, 7) is 3.71. The van der Waals surface area contributed by atoms with E-state index in [1.54, 1.807) is 7.11 Å². The van der Waals surface area contributed by atoms with Gasteiger partial charge in [0, 0.05) is 26.8 Å². The molecule has 0 unspecified atom stereocenters. The molecule has 4 rings (SSSR count). The summed E-state index contributed by atoms with van der Waals surface area (Å²) in [6.07, 6.45) is 1.46. The van der Waals surface area contributed by atoms with Crippen LogP contribution in [0.15, 0.2) is 12.4 Å². The van der Waals surface area contributed by atoms with Gasteiger partial charge in [-0.05, 0) is 51.4 Å². The van der Waals surface area contributed by atoms with Crippen molar-refractivity contribution in [3.8, 4) is 0 Å². The topological polar surface area (TPSA) is 93.1 Å². The number of ether oxygens (including phenoxy) is 1. The molecule has 1 amide bonds. The first kappa shape index (κ1) is 24.3. The molecule has 0 radical (unpaired) electrons. The number of aromatic nitrogens is 4. The first-order chi connectivity index (χ1) is 16.1. The van der Waals surface area contributed by atoms with Crippen LogP contribution in [0.4, 0.5) is 24.7 Å². The van der Waals surface area contributed by atoms with Crippen molar-refractivity contribution in [3.63, 3.8) is 0 Å². The van der Waals surface area contributed by atoms with Crippen LogP contribution in [0.5, 0.6) is 0 Å². The smallest absolute Gasteiger partial charge is 0.379 e. The molecule has 2 aromatic rings. The number of anilines is 2. The van der Waals surface area contributed by atoms with Crippen molar-refractivity contribution in [2.45, 2.75) is 64.3 Å². The summed E-state index contributed by atoms with van der Waals surface area (Å²) in [7, 11) is 3.41. The molecule has 8 nitrogen and oxygen atoms in total. The van der Waals surface area contributed by atoms with Gasteiger partial charge in [0.2, 0.25) is 5.91 Å². The standard InChI is InChI=1S/C23H29F3N6O2/c1-12-19-21(32(3)20(13(2)34-4)22(33)31-19)30-18(29-12)9-15-6-5-14(7-15)8-16-10-28-17(11-27-16)23(24,25)26/h10-11,13-15,20H,5-9H2,1-4H3,(H,31,33)/t13-,14+,15-,20+/m1/s1. The molecule has 1 N–H and O–H groups in total. The highest BCUT2D eigenvalue weighted by Crippen LogP contribution is 2.37. The van der Waals surface area contributed by atoms with Gasteiger partial charge in [-0.2, -0.15) is 13.2 Å². The van der Waals surface area contributed by atoms with E-state index < -0.39 is 17.9 Å². The number of rotatable bonds is 6. The summed E-state index contributed by atoms with van der Waals surface area (Å²) in [4.78, 5) is 31.3. The highest BCUT2D eigenvalue weighted by Gasteiger charge is 2.37. The van der Waals surface area contributed by atoms with E-state index in [-0.39, 0.29) is 12.0 Å². The number of amides is 1. The maximum absolute atomic E-state index is 12.7. The summed E-state index contributed by atoms with van der Waals surface area (Å²) in [6, 6.07) is -0.486. The number of nitrogens with one attached hydrogen (secondary N) is 1. The fraction of sp³-hybridized carbons (Fsp3) is 0.609. The Morgan fingerprint density at radius 3 is 2.50 bits per heavy atom. The van der Waals surface area contributed by atoms with E-state index in [9.17, 15) is 18.0 Å². The minimum atomic E-state index is -4.48. The Balaban J connectivity index is 1.42. The molecule has 2 aromatic heterocycles. The van der Waals surface area contributed by atoms with E-state index in [1.807, 2.05) is 25.8 Å². The third-order valence-electron chi connectivity index (χ3n) is 6.82. The molecule has 1 aliphatic heterocycles. The van der Waals surface area contributed by atoms with Crippen molar-refractivity contribution in [1.29, 1.82) is 0 Å². The maximum atomic E-state index is 12.7. The largest absolute Gasteiger partial charge is 0.434 e. The van der Waals surface area contributed by atoms with Gasteiger partial charge in [0.15, 0.2) is 11.5 Å². The molecule has 3 heterocycles. The summed E-state index contributed by atoms with van der Waals surface area (Å²) < 4.78 is 43.5. The average molecular weight is 479 g/mol. The van der Waals surface area contributed by atoms with Crippen molar-refractivity contribution in [2.75, 3.05) is 24.4 Å². The predicted molar refractivity (Wildman–Crippen MR) is 119 cm³/mol. The lowest BCUT2D eigenvalue weighted by atomic mass is 9.98. The second kappa shape index (κ2) is 9.44. The molecule has 0 spiro atoms. The third-order valence-corrected chi connectivity index (χ3v) is 6.82. The van der Waals surface area contributed by atoms with Gasteiger partial charge in [-0.3, -0.25) is 9.78 Å². The Morgan fingerprint density at radius 1 is 1.18 bits per heavy atom. The van der Waals surface area contributed by atoms with Crippen molar-refractivity contribution in [3.05, 3.63) is 35.3 Å². The number of fused-ring (bicyclic) bond motifs is 1. The van der Waals surface area contributed by atoms with Crippen LogP contribution in [0.1, 0.15) is 49.1 Å². The van der Waals surface area contributed by atoms with Crippen LogP contribution in [-0.4, -0.2) is 52.1 Å². The molecular formula is C23H29F3N6O2. The number of nitrogens with zero attached hydrogens (tertiary/aromatic N) is 5. The monoisotopic (exact) mass is 478 g/mol. The molecule has 1 aliphatic carbocycles. The van der Waals surface area contributed by atoms with Crippen molar-refractivity contribution < 1.29 is 22.7 Å². The number of carbonyl (C=O) groups excluding carboxylic acids is 1. The Kier molecular flexibility index (Phi) is 6.75. The molecular weight excluding hydrogens is 449 g/mol. The first-order valence-electron chi connectivity index (χ1n) is 11.4. The van der Waals surface area contributed by atoms with Crippen molar-refractivity contribution in [2.24, 2.45) is 11.8 Å². The Bertz CT molecular complexity index is 1050. The molecule has 1 fully saturated rings. The summed E-state index contributed by atoms with van der Waals surface area (Å²) in [5.41, 5.74) is 0.957. The predicted octanol–water partition coefficient (Wildman–Crippen LogP) is 3.59. The Morgan fingerprint density at radius 2 is 1.88 bits per heavy atom. The summed E-state index contributed by atoms with van der Waals surface area (Å²) in [5.74, 6) is 1.98. The average Bonchev–Trinajstić information content (AvgIpc) is 3.21. The molecule has 11 heteroatoms. The van der Waals surface area contributed by atoms with Crippen LogP contribution in [0.3, 0.4) is 0 Å². The van der Waals surface area contributed by atoms with Gasteiger partial charge < -0.3 is 15.0 Å². The molecule has 4 atom stereocenters. The fourth-order valence-corrected chi connectivity index (χ4v) is 4.98. The highest BCUT2D eigenvalue weighted by molar-refractivity contribution is 6.03. The molecule has 34 heavy (non-hydrogen) atoms.